The molecule has 2 aromatic heterocycles. The van der Waals surface area contributed by atoms with Gasteiger partial charge in [0.1, 0.15) is 5.56 Å². The first-order valence-electron chi connectivity index (χ1n) is 11.3. The van der Waals surface area contributed by atoms with E-state index in [9.17, 15) is 35.9 Å². The van der Waals surface area contributed by atoms with Gasteiger partial charge in [0.2, 0.25) is 11.9 Å². The van der Waals surface area contributed by atoms with E-state index < -0.39 is 40.8 Å². The third kappa shape index (κ3) is 7.53. The van der Waals surface area contributed by atoms with Gasteiger partial charge in [-0.25, -0.2) is 15.1 Å². The third-order valence-corrected chi connectivity index (χ3v) is 5.65. The van der Waals surface area contributed by atoms with Crippen LogP contribution in [0, 0.1) is 0 Å². The fraction of sp³-hybridized carbons (Fsp3) is 0.571. The molecule has 0 bridgehead atoms. The van der Waals surface area contributed by atoms with Gasteiger partial charge in [0.05, 0.1) is 37.1 Å². The van der Waals surface area contributed by atoms with Crippen LogP contribution >= 0.6 is 0 Å². The van der Waals surface area contributed by atoms with E-state index in [1.807, 2.05) is 0 Å². The van der Waals surface area contributed by atoms with Crippen LogP contribution in [0.4, 0.5) is 38.0 Å². The molecule has 0 radical (unpaired) electrons. The minimum Gasteiger partial charge on any atom is -0.379 e. The Morgan fingerprint density at radius 2 is 1.73 bits per heavy atom. The summed E-state index contributed by atoms with van der Waals surface area (Å²) in [6, 6.07) is -0.563. The number of ether oxygens (including phenoxy) is 1. The number of carbonyl (C=O) groups is 1. The average Bonchev–Trinajstić information content (AvgIpc) is 2.84. The first kappa shape index (κ1) is 28.1. The number of hydrogen-bond acceptors (Lipinski definition) is 8. The van der Waals surface area contributed by atoms with Gasteiger partial charge >= 0.3 is 12.4 Å². The number of alkyl halides is 6. The quantitative estimate of drug-likeness (QED) is 0.371. The number of piperazine rings is 1. The number of halogens is 6. The predicted octanol–water partition coefficient (Wildman–Crippen LogP) is 2.54. The van der Waals surface area contributed by atoms with E-state index in [0.717, 1.165) is 6.20 Å². The SMILES string of the molecule is CC[C@@H](COCCC(=O)N1CCN(c2ncc(C(F)(F)F)cn2)CC1)Nc1cn[nH]c(=O)c1C(F)(F)F. The normalized spacial score (nSPS) is 15.5. The van der Waals surface area contributed by atoms with E-state index in [4.69, 9.17) is 4.74 Å². The van der Waals surface area contributed by atoms with Crippen molar-refractivity contribution in [2.24, 2.45) is 0 Å². The number of H-pyrrole nitrogens is 1. The predicted molar refractivity (Wildman–Crippen MR) is 119 cm³/mol. The molecule has 0 unspecified atom stereocenters. The Bertz CT molecular complexity index is 1100. The summed E-state index contributed by atoms with van der Waals surface area (Å²) in [5.41, 5.74) is -4.14. The summed E-state index contributed by atoms with van der Waals surface area (Å²) in [7, 11) is 0. The maximum absolute atomic E-state index is 13.2. The first-order valence-corrected chi connectivity index (χ1v) is 11.3. The lowest BCUT2D eigenvalue weighted by molar-refractivity contribution is -0.139. The summed E-state index contributed by atoms with van der Waals surface area (Å²) in [5, 5.41) is 7.80. The highest BCUT2D eigenvalue weighted by molar-refractivity contribution is 5.76. The van der Waals surface area contributed by atoms with Crippen molar-refractivity contribution in [2.75, 3.05) is 49.6 Å². The molecule has 1 saturated heterocycles. The molecule has 0 spiro atoms. The van der Waals surface area contributed by atoms with Gasteiger partial charge in [0.25, 0.3) is 5.56 Å². The largest absolute Gasteiger partial charge is 0.423 e. The Balaban J connectivity index is 1.43. The van der Waals surface area contributed by atoms with Crippen LogP contribution in [0.15, 0.2) is 23.4 Å². The Morgan fingerprint density at radius 1 is 1.08 bits per heavy atom. The molecule has 0 saturated carbocycles. The number of nitrogens with one attached hydrogen (secondary N) is 2. The molecular weight excluding hydrogens is 512 g/mol. The van der Waals surface area contributed by atoms with Crippen molar-refractivity contribution in [1.29, 1.82) is 0 Å². The van der Waals surface area contributed by atoms with Gasteiger partial charge in [-0.05, 0) is 6.42 Å². The Labute approximate surface area is 207 Å². The number of anilines is 2. The highest BCUT2D eigenvalue weighted by Gasteiger charge is 2.37. The van der Waals surface area contributed by atoms with Crippen LogP contribution in [-0.4, -0.2) is 76.4 Å². The van der Waals surface area contributed by atoms with Crippen molar-refractivity contribution < 1.29 is 35.9 Å². The zero-order valence-electron chi connectivity index (χ0n) is 19.7. The lowest BCUT2D eigenvalue weighted by Gasteiger charge is -2.34. The van der Waals surface area contributed by atoms with Gasteiger partial charge in [0.15, 0.2) is 0 Å². The first-order chi connectivity index (χ1) is 17.4. The monoisotopic (exact) mass is 537 g/mol. The second-order valence-electron chi connectivity index (χ2n) is 8.20. The molecule has 1 aliphatic rings. The second kappa shape index (κ2) is 11.7. The number of aromatic nitrogens is 4. The molecule has 10 nitrogen and oxygen atoms in total. The molecule has 1 aliphatic heterocycles. The molecule has 16 heteroatoms. The molecule has 3 heterocycles. The van der Waals surface area contributed by atoms with Crippen molar-refractivity contribution in [2.45, 2.75) is 38.2 Å². The summed E-state index contributed by atoms with van der Waals surface area (Å²) in [6.07, 6.45) is -6.67. The number of amides is 1. The maximum atomic E-state index is 13.2. The van der Waals surface area contributed by atoms with Crippen LogP contribution < -0.4 is 15.8 Å². The molecule has 2 aromatic rings. The van der Waals surface area contributed by atoms with Crippen LogP contribution in [-0.2, 0) is 21.9 Å². The number of carbonyl (C=O) groups excluding carboxylic acids is 1. The van der Waals surface area contributed by atoms with Crippen LogP contribution in [0.2, 0.25) is 0 Å². The van der Waals surface area contributed by atoms with Crippen molar-refractivity contribution in [3.8, 4) is 0 Å². The van der Waals surface area contributed by atoms with Gasteiger partial charge in [-0.3, -0.25) is 9.59 Å². The van der Waals surface area contributed by atoms with Crippen molar-refractivity contribution >= 4 is 17.5 Å². The number of nitrogens with zero attached hydrogens (tertiary/aromatic N) is 5. The molecule has 2 N–H and O–H groups in total. The zero-order valence-corrected chi connectivity index (χ0v) is 19.7. The molecule has 37 heavy (non-hydrogen) atoms. The average molecular weight is 537 g/mol. The topological polar surface area (TPSA) is 116 Å². The summed E-state index contributed by atoms with van der Waals surface area (Å²) >= 11 is 0. The van der Waals surface area contributed by atoms with Crippen molar-refractivity contribution in [3.63, 3.8) is 0 Å². The van der Waals surface area contributed by atoms with E-state index in [1.165, 1.54) is 0 Å². The number of rotatable bonds is 9. The van der Waals surface area contributed by atoms with Crippen LogP contribution in [0.25, 0.3) is 0 Å². The van der Waals surface area contributed by atoms with Crippen molar-refractivity contribution in [3.05, 3.63) is 40.1 Å². The van der Waals surface area contributed by atoms with Crippen LogP contribution in [0.1, 0.15) is 30.9 Å². The van der Waals surface area contributed by atoms with E-state index in [1.54, 1.807) is 21.8 Å². The standard InChI is InChI=1S/C21H25F6N7O3/c1-2-14(31-15-11-30-32-18(36)17(15)21(25,26)27)12-37-8-3-16(35)33-4-6-34(7-5-33)19-28-9-13(10-29-19)20(22,23)24/h9-11,14H,2-8,12H2,1H3,(H2,31,32,36)/t14-/m0/s1. The lowest BCUT2D eigenvalue weighted by Crippen LogP contribution is -2.49. The number of hydrogen-bond donors (Lipinski definition) is 2. The molecule has 1 atom stereocenters. The highest BCUT2D eigenvalue weighted by Crippen LogP contribution is 2.32. The minimum absolute atomic E-state index is 0.00703. The summed E-state index contributed by atoms with van der Waals surface area (Å²) in [4.78, 5) is 34.8. The molecule has 1 fully saturated rings. The molecule has 3 rings (SSSR count). The minimum atomic E-state index is -4.87. The molecule has 0 aromatic carbocycles. The van der Waals surface area contributed by atoms with Gasteiger partial charge in [-0.2, -0.15) is 31.4 Å². The van der Waals surface area contributed by atoms with Gasteiger partial charge in [-0.15, -0.1) is 0 Å². The third-order valence-electron chi connectivity index (χ3n) is 5.65. The van der Waals surface area contributed by atoms with Gasteiger partial charge in [0, 0.05) is 44.6 Å². The Hall–Kier alpha value is -3.43. The second-order valence-corrected chi connectivity index (χ2v) is 8.20. The fourth-order valence-corrected chi connectivity index (χ4v) is 3.60. The Kier molecular flexibility index (Phi) is 8.94. The van der Waals surface area contributed by atoms with Crippen LogP contribution in [0.3, 0.4) is 0 Å². The molecule has 0 aliphatic carbocycles. The van der Waals surface area contributed by atoms with Gasteiger partial charge in [-0.1, -0.05) is 6.92 Å². The number of aromatic amines is 1. The van der Waals surface area contributed by atoms with E-state index in [2.05, 4.69) is 20.4 Å². The van der Waals surface area contributed by atoms with Crippen molar-refractivity contribution in [1.82, 2.24) is 25.1 Å². The lowest BCUT2D eigenvalue weighted by atomic mass is 10.2. The summed E-state index contributed by atoms with van der Waals surface area (Å²) < 4.78 is 83.1. The maximum Gasteiger partial charge on any atom is 0.423 e. The van der Waals surface area contributed by atoms with Crippen LogP contribution in [0.5, 0.6) is 0 Å². The van der Waals surface area contributed by atoms with Gasteiger partial charge < -0.3 is 19.9 Å². The zero-order chi connectivity index (χ0) is 27.2. The van der Waals surface area contributed by atoms with E-state index in [-0.39, 0.29) is 31.5 Å². The van der Waals surface area contributed by atoms with E-state index in [0.29, 0.717) is 45.0 Å². The fourth-order valence-electron chi connectivity index (χ4n) is 3.60. The smallest absolute Gasteiger partial charge is 0.379 e. The summed E-state index contributed by atoms with van der Waals surface area (Å²) in [5.74, 6) is -0.0574. The van der Waals surface area contributed by atoms with E-state index >= 15 is 0 Å². The molecule has 1 amide bonds. The molecule has 204 valence electrons. The Morgan fingerprint density at radius 3 is 2.30 bits per heavy atom. The highest BCUT2D eigenvalue weighted by atomic mass is 19.4. The summed E-state index contributed by atoms with van der Waals surface area (Å²) in [6.45, 7) is 3.05. The molecular formula is C21H25F6N7O3.